The molecule has 0 unspecified atom stereocenters. The van der Waals surface area contributed by atoms with Crippen LogP contribution in [0.3, 0.4) is 0 Å². The Kier molecular flexibility index (Phi) is 4.21. The molecular formula is C13H14BrN3O2. The molecule has 19 heavy (non-hydrogen) atoms. The first-order valence-corrected chi connectivity index (χ1v) is 6.70. The third-order valence-corrected chi connectivity index (χ3v) is 3.23. The monoisotopic (exact) mass is 323 g/mol. The molecule has 0 atom stereocenters. The lowest BCUT2D eigenvalue weighted by Crippen LogP contribution is -2.28. The lowest BCUT2D eigenvalue weighted by molar-refractivity contribution is -0.116. The fourth-order valence-electron chi connectivity index (χ4n) is 1.70. The Balaban J connectivity index is 2.03. The minimum Gasteiger partial charge on any atom is -0.325 e. The fraction of sp³-hybridized carbons (Fsp3) is 0.231. The van der Waals surface area contributed by atoms with E-state index >= 15 is 0 Å². The Hall–Kier alpha value is -1.82. The van der Waals surface area contributed by atoms with Gasteiger partial charge in [0.05, 0.1) is 0 Å². The quantitative estimate of drug-likeness (QED) is 0.936. The van der Waals surface area contributed by atoms with Gasteiger partial charge >= 0.3 is 5.69 Å². The molecular weight excluding hydrogens is 310 g/mol. The molecule has 0 fully saturated rings. The van der Waals surface area contributed by atoms with Gasteiger partial charge in [-0.05, 0) is 31.2 Å². The Morgan fingerprint density at radius 2 is 1.84 bits per heavy atom. The van der Waals surface area contributed by atoms with E-state index in [0.29, 0.717) is 12.2 Å². The summed E-state index contributed by atoms with van der Waals surface area (Å²) in [5.41, 5.74) is 0.532. The van der Waals surface area contributed by atoms with Crippen LogP contribution in [0.4, 0.5) is 5.69 Å². The number of hydrogen-bond donors (Lipinski definition) is 1. The lowest BCUT2D eigenvalue weighted by Gasteiger charge is -2.05. The largest absolute Gasteiger partial charge is 0.328 e. The highest BCUT2D eigenvalue weighted by atomic mass is 79.9. The molecule has 0 saturated carbocycles. The molecule has 1 aromatic heterocycles. The van der Waals surface area contributed by atoms with Gasteiger partial charge in [-0.1, -0.05) is 15.9 Å². The summed E-state index contributed by atoms with van der Waals surface area (Å²) in [5, 5.41) is 2.74. The summed E-state index contributed by atoms with van der Waals surface area (Å²) < 4.78 is 3.88. The molecule has 1 N–H and O–H groups in total. The van der Waals surface area contributed by atoms with Crippen LogP contribution in [0.1, 0.15) is 6.92 Å². The number of nitrogens with zero attached hydrogens (tertiary/aromatic N) is 2. The van der Waals surface area contributed by atoms with Crippen LogP contribution in [-0.2, 0) is 17.9 Å². The minimum atomic E-state index is -0.224. The fourth-order valence-corrected chi connectivity index (χ4v) is 1.97. The van der Waals surface area contributed by atoms with Gasteiger partial charge in [0.15, 0.2) is 0 Å². The molecule has 0 aliphatic carbocycles. The van der Waals surface area contributed by atoms with Crippen LogP contribution < -0.4 is 11.0 Å². The zero-order chi connectivity index (χ0) is 13.8. The van der Waals surface area contributed by atoms with E-state index in [1.165, 1.54) is 4.57 Å². The number of hydrogen-bond acceptors (Lipinski definition) is 2. The number of halogens is 1. The summed E-state index contributed by atoms with van der Waals surface area (Å²) in [6, 6.07) is 7.27. The van der Waals surface area contributed by atoms with E-state index in [0.717, 1.165) is 4.47 Å². The van der Waals surface area contributed by atoms with E-state index in [1.807, 2.05) is 19.1 Å². The summed E-state index contributed by atoms with van der Waals surface area (Å²) in [7, 11) is 0. The highest BCUT2D eigenvalue weighted by Crippen LogP contribution is 2.13. The normalized spacial score (nSPS) is 10.4. The second-order valence-corrected chi connectivity index (χ2v) is 4.97. The van der Waals surface area contributed by atoms with Crippen molar-refractivity contribution in [2.45, 2.75) is 20.0 Å². The topological polar surface area (TPSA) is 56.0 Å². The van der Waals surface area contributed by atoms with Crippen molar-refractivity contribution in [1.82, 2.24) is 9.13 Å². The predicted octanol–water partition coefficient (Wildman–Crippen LogP) is 2.07. The summed E-state index contributed by atoms with van der Waals surface area (Å²) in [6.07, 6.45) is 3.29. The molecule has 5 nitrogen and oxygen atoms in total. The number of aryl methyl sites for hydroxylation is 1. The Morgan fingerprint density at radius 1 is 1.21 bits per heavy atom. The van der Waals surface area contributed by atoms with Crippen molar-refractivity contribution in [3.8, 4) is 0 Å². The zero-order valence-corrected chi connectivity index (χ0v) is 12.1. The van der Waals surface area contributed by atoms with Crippen molar-refractivity contribution in [3.05, 3.63) is 51.6 Å². The highest BCUT2D eigenvalue weighted by molar-refractivity contribution is 9.10. The van der Waals surface area contributed by atoms with Gasteiger partial charge in [0.25, 0.3) is 0 Å². The molecule has 0 aliphatic heterocycles. The van der Waals surface area contributed by atoms with Crippen LogP contribution >= 0.6 is 15.9 Å². The number of benzene rings is 1. The van der Waals surface area contributed by atoms with E-state index in [2.05, 4.69) is 21.2 Å². The van der Waals surface area contributed by atoms with Gasteiger partial charge in [-0.15, -0.1) is 0 Å². The van der Waals surface area contributed by atoms with Gasteiger partial charge in [-0.25, -0.2) is 4.79 Å². The van der Waals surface area contributed by atoms with Crippen LogP contribution in [0.25, 0.3) is 0 Å². The lowest BCUT2D eigenvalue weighted by atomic mass is 10.3. The standard InChI is InChI=1S/C13H14BrN3O2/c1-2-16-7-8-17(13(16)19)9-12(18)15-11-5-3-10(14)4-6-11/h3-8H,2,9H2,1H3,(H,15,18). The molecule has 0 bridgehead atoms. The van der Waals surface area contributed by atoms with E-state index in [4.69, 9.17) is 0 Å². The second kappa shape index (κ2) is 5.88. The van der Waals surface area contributed by atoms with Crippen molar-refractivity contribution in [2.24, 2.45) is 0 Å². The zero-order valence-electron chi connectivity index (χ0n) is 10.5. The van der Waals surface area contributed by atoms with Gasteiger partial charge in [0, 0.05) is 29.1 Å². The van der Waals surface area contributed by atoms with E-state index in [-0.39, 0.29) is 18.1 Å². The first-order chi connectivity index (χ1) is 9.10. The average molecular weight is 324 g/mol. The molecule has 0 saturated heterocycles. The summed E-state index contributed by atoms with van der Waals surface area (Å²) in [5.74, 6) is -0.224. The molecule has 2 aromatic rings. The minimum absolute atomic E-state index is 0.0158. The van der Waals surface area contributed by atoms with Crippen LogP contribution in [0.15, 0.2) is 45.9 Å². The van der Waals surface area contributed by atoms with Gasteiger partial charge in [0.2, 0.25) is 5.91 Å². The number of anilines is 1. The molecule has 100 valence electrons. The highest BCUT2D eigenvalue weighted by Gasteiger charge is 2.07. The van der Waals surface area contributed by atoms with Gasteiger partial charge < -0.3 is 5.32 Å². The second-order valence-electron chi connectivity index (χ2n) is 4.05. The molecule has 0 aliphatic rings. The van der Waals surface area contributed by atoms with Crippen molar-refractivity contribution >= 4 is 27.5 Å². The SMILES string of the molecule is CCn1ccn(CC(=O)Nc2ccc(Br)cc2)c1=O. The van der Waals surface area contributed by atoms with Gasteiger partial charge in [-0.2, -0.15) is 0 Å². The summed E-state index contributed by atoms with van der Waals surface area (Å²) in [4.78, 5) is 23.6. The smallest absolute Gasteiger partial charge is 0.325 e. The van der Waals surface area contributed by atoms with E-state index < -0.39 is 0 Å². The molecule has 1 aromatic carbocycles. The van der Waals surface area contributed by atoms with Crippen LogP contribution in [-0.4, -0.2) is 15.0 Å². The maximum Gasteiger partial charge on any atom is 0.328 e. The number of carbonyl (C=O) groups excluding carboxylic acids is 1. The first kappa shape index (κ1) is 13.6. The predicted molar refractivity (Wildman–Crippen MR) is 77.1 cm³/mol. The van der Waals surface area contributed by atoms with E-state index in [1.54, 1.807) is 29.1 Å². The average Bonchev–Trinajstić information content (AvgIpc) is 2.73. The Bertz CT molecular complexity index is 628. The maximum atomic E-state index is 11.8. The van der Waals surface area contributed by atoms with E-state index in [9.17, 15) is 9.59 Å². The third-order valence-electron chi connectivity index (χ3n) is 2.70. The first-order valence-electron chi connectivity index (χ1n) is 5.91. The van der Waals surface area contributed by atoms with Gasteiger partial charge in [0.1, 0.15) is 6.54 Å². The molecule has 2 rings (SSSR count). The number of imidazole rings is 1. The summed E-state index contributed by atoms with van der Waals surface area (Å²) in [6.45, 7) is 2.50. The van der Waals surface area contributed by atoms with Crippen LogP contribution in [0, 0.1) is 0 Å². The van der Waals surface area contributed by atoms with Crippen molar-refractivity contribution in [1.29, 1.82) is 0 Å². The maximum absolute atomic E-state index is 11.8. The number of nitrogens with one attached hydrogen (secondary N) is 1. The number of aromatic nitrogens is 2. The summed E-state index contributed by atoms with van der Waals surface area (Å²) >= 11 is 3.32. The Labute approximate surface area is 119 Å². The van der Waals surface area contributed by atoms with Crippen molar-refractivity contribution in [2.75, 3.05) is 5.32 Å². The van der Waals surface area contributed by atoms with Crippen molar-refractivity contribution in [3.63, 3.8) is 0 Å². The van der Waals surface area contributed by atoms with Gasteiger partial charge in [-0.3, -0.25) is 13.9 Å². The van der Waals surface area contributed by atoms with Crippen molar-refractivity contribution < 1.29 is 4.79 Å². The number of rotatable bonds is 4. The molecule has 0 radical (unpaired) electrons. The molecule has 6 heteroatoms. The molecule has 0 spiro atoms. The Morgan fingerprint density at radius 3 is 2.42 bits per heavy atom. The number of carbonyl (C=O) groups is 1. The number of amides is 1. The van der Waals surface area contributed by atoms with Crippen LogP contribution in [0.5, 0.6) is 0 Å². The van der Waals surface area contributed by atoms with Crippen LogP contribution in [0.2, 0.25) is 0 Å². The molecule has 1 amide bonds. The molecule has 1 heterocycles. The third kappa shape index (κ3) is 3.35.